The van der Waals surface area contributed by atoms with Crippen molar-refractivity contribution < 1.29 is 31.1 Å². The molecule has 30 heavy (non-hydrogen) atoms. The number of nitrogens with zero attached hydrogens (tertiary/aromatic N) is 1. The lowest BCUT2D eigenvalue weighted by atomic mass is 10.0. The first kappa shape index (κ1) is 22.3. The number of hydrogen-bond donors (Lipinski definition) is 1. The summed E-state index contributed by atoms with van der Waals surface area (Å²) in [5.74, 6) is 0. The van der Waals surface area contributed by atoms with Crippen molar-refractivity contribution in [1.82, 2.24) is 4.98 Å². The summed E-state index contributed by atoms with van der Waals surface area (Å²) < 4.78 is 83.8. The summed E-state index contributed by atoms with van der Waals surface area (Å²) in [6.45, 7) is 0.410. The van der Waals surface area contributed by atoms with Gasteiger partial charge in [0.15, 0.2) is 0 Å². The number of benzene rings is 2. The summed E-state index contributed by atoms with van der Waals surface area (Å²) in [7, 11) is 0. The maximum absolute atomic E-state index is 13.0. The van der Waals surface area contributed by atoms with Crippen LogP contribution in [0.5, 0.6) is 0 Å². The molecule has 1 heterocycles. The highest BCUT2D eigenvalue weighted by Gasteiger charge is 2.37. The summed E-state index contributed by atoms with van der Waals surface area (Å²) in [5.41, 5.74) is 3.88. The summed E-state index contributed by atoms with van der Waals surface area (Å²) >= 11 is 1.05. The van der Waals surface area contributed by atoms with E-state index in [1.165, 1.54) is 5.38 Å². The van der Waals surface area contributed by atoms with Crippen molar-refractivity contribution in [3.05, 3.63) is 75.6 Å². The van der Waals surface area contributed by atoms with E-state index in [-0.39, 0.29) is 23.9 Å². The van der Waals surface area contributed by atoms with Crippen molar-refractivity contribution in [3.63, 3.8) is 0 Å². The third kappa shape index (κ3) is 5.59. The summed E-state index contributed by atoms with van der Waals surface area (Å²) in [6, 6.07) is 10.0. The van der Waals surface area contributed by atoms with E-state index in [4.69, 9.17) is 10.5 Å². The molecule has 0 saturated carbocycles. The van der Waals surface area contributed by atoms with Gasteiger partial charge in [-0.05, 0) is 23.8 Å². The van der Waals surface area contributed by atoms with Crippen LogP contribution in [-0.2, 0) is 23.7 Å². The van der Waals surface area contributed by atoms with Gasteiger partial charge in [0.2, 0.25) is 0 Å². The molecular formula is C20H16F6N2OS. The molecule has 0 saturated heterocycles. The van der Waals surface area contributed by atoms with Crippen LogP contribution in [0.1, 0.15) is 27.7 Å². The highest BCUT2D eigenvalue weighted by atomic mass is 32.1. The first-order chi connectivity index (χ1) is 14.0. The molecule has 1 aromatic heterocycles. The van der Waals surface area contributed by atoms with Crippen LogP contribution in [0.4, 0.5) is 26.3 Å². The molecule has 2 N–H and O–H groups in total. The summed E-state index contributed by atoms with van der Waals surface area (Å²) in [4.78, 5) is 4.13. The minimum atomic E-state index is -4.92. The average Bonchev–Trinajstić information content (AvgIpc) is 3.17. The Kier molecular flexibility index (Phi) is 6.49. The second-order valence-electron chi connectivity index (χ2n) is 6.47. The van der Waals surface area contributed by atoms with Gasteiger partial charge in [0.05, 0.1) is 36.1 Å². The molecule has 160 valence electrons. The Hall–Kier alpha value is -2.43. The molecular weight excluding hydrogens is 430 g/mol. The van der Waals surface area contributed by atoms with Gasteiger partial charge >= 0.3 is 12.4 Å². The van der Waals surface area contributed by atoms with Gasteiger partial charge in [-0.3, -0.25) is 0 Å². The van der Waals surface area contributed by atoms with Crippen LogP contribution in [0.15, 0.2) is 53.9 Å². The van der Waals surface area contributed by atoms with Crippen LogP contribution >= 0.6 is 11.3 Å². The van der Waals surface area contributed by atoms with E-state index in [1.807, 2.05) is 30.3 Å². The third-order valence-corrected chi connectivity index (χ3v) is 5.11. The van der Waals surface area contributed by atoms with Crippen LogP contribution < -0.4 is 5.73 Å². The number of halogens is 6. The number of hydrogen-bond acceptors (Lipinski definition) is 4. The average molecular weight is 446 g/mol. The maximum Gasteiger partial charge on any atom is 0.416 e. The molecule has 0 radical (unpaired) electrons. The van der Waals surface area contributed by atoms with Crippen LogP contribution in [0.3, 0.4) is 0 Å². The van der Waals surface area contributed by atoms with Crippen LogP contribution in [0.2, 0.25) is 0 Å². The fraction of sp³-hybridized carbons (Fsp3) is 0.250. The zero-order valence-electron chi connectivity index (χ0n) is 15.3. The van der Waals surface area contributed by atoms with Crippen molar-refractivity contribution in [2.45, 2.75) is 25.0 Å². The molecule has 1 unspecified atom stereocenters. The van der Waals surface area contributed by atoms with E-state index in [0.717, 1.165) is 16.9 Å². The Morgan fingerprint density at radius 2 is 1.53 bits per heavy atom. The number of aromatic nitrogens is 1. The Morgan fingerprint density at radius 3 is 2.10 bits per heavy atom. The highest BCUT2D eigenvalue weighted by molar-refractivity contribution is 7.10. The Morgan fingerprint density at radius 1 is 0.933 bits per heavy atom. The van der Waals surface area contributed by atoms with Gasteiger partial charge in [-0.1, -0.05) is 30.3 Å². The van der Waals surface area contributed by atoms with E-state index in [2.05, 4.69) is 4.98 Å². The molecule has 0 spiro atoms. The zero-order valence-corrected chi connectivity index (χ0v) is 16.1. The van der Waals surface area contributed by atoms with Gasteiger partial charge < -0.3 is 10.5 Å². The number of nitrogens with two attached hydrogens (primary N) is 1. The normalized spacial score (nSPS) is 13.4. The van der Waals surface area contributed by atoms with Crippen molar-refractivity contribution in [2.24, 2.45) is 5.73 Å². The lowest BCUT2D eigenvalue weighted by Gasteiger charge is -2.13. The first-order valence-corrected chi connectivity index (χ1v) is 9.54. The standard InChI is InChI=1S/C20H16F6N2OS/c21-19(22,23)14-6-13(7-15(8-14)20(24,25)26)17-11-30-18(28-17)16(27)10-29-9-12-4-2-1-3-5-12/h1-8,11,16H,9-10,27H2. The van der Waals surface area contributed by atoms with E-state index < -0.39 is 29.5 Å². The van der Waals surface area contributed by atoms with Crippen molar-refractivity contribution in [2.75, 3.05) is 6.61 Å². The van der Waals surface area contributed by atoms with Gasteiger partial charge in [-0.25, -0.2) is 4.98 Å². The molecule has 0 fully saturated rings. The third-order valence-electron chi connectivity index (χ3n) is 4.13. The Labute approximate surface area is 172 Å². The number of thiazole rings is 1. The number of rotatable bonds is 6. The van der Waals surface area contributed by atoms with Gasteiger partial charge in [-0.2, -0.15) is 26.3 Å². The van der Waals surface area contributed by atoms with Crippen LogP contribution in [-0.4, -0.2) is 11.6 Å². The number of alkyl halides is 6. The molecule has 0 bridgehead atoms. The summed E-state index contributed by atoms with van der Waals surface area (Å²) in [5, 5.41) is 1.73. The van der Waals surface area contributed by atoms with E-state index in [0.29, 0.717) is 23.7 Å². The lowest BCUT2D eigenvalue weighted by molar-refractivity contribution is -0.143. The molecule has 10 heteroatoms. The summed E-state index contributed by atoms with van der Waals surface area (Å²) in [6.07, 6.45) is -9.84. The van der Waals surface area contributed by atoms with E-state index in [1.54, 1.807) is 0 Å². The molecule has 0 aliphatic heterocycles. The molecule has 2 aromatic carbocycles. The van der Waals surface area contributed by atoms with Crippen molar-refractivity contribution >= 4 is 11.3 Å². The predicted molar refractivity (Wildman–Crippen MR) is 101 cm³/mol. The predicted octanol–water partition coefficient (Wildman–Crippen LogP) is 6.06. The monoisotopic (exact) mass is 446 g/mol. The minimum absolute atomic E-state index is 0.00916. The lowest BCUT2D eigenvalue weighted by Crippen LogP contribution is -2.17. The molecule has 3 rings (SSSR count). The quantitative estimate of drug-likeness (QED) is 0.468. The molecule has 0 aliphatic carbocycles. The molecule has 0 amide bonds. The molecule has 0 aliphatic rings. The fourth-order valence-electron chi connectivity index (χ4n) is 2.64. The second kappa shape index (κ2) is 8.75. The van der Waals surface area contributed by atoms with Crippen LogP contribution in [0.25, 0.3) is 11.3 Å². The molecule has 1 atom stereocenters. The Bertz CT molecular complexity index is 953. The largest absolute Gasteiger partial charge is 0.416 e. The maximum atomic E-state index is 13.0. The van der Waals surface area contributed by atoms with Gasteiger partial charge in [0.25, 0.3) is 0 Å². The zero-order chi connectivity index (χ0) is 21.9. The topological polar surface area (TPSA) is 48.1 Å². The molecule has 3 aromatic rings. The van der Waals surface area contributed by atoms with Crippen molar-refractivity contribution in [3.8, 4) is 11.3 Å². The van der Waals surface area contributed by atoms with Crippen molar-refractivity contribution in [1.29, 1.82) is 0 Å². The van der Waals surface area contributed by atoms with E-state index >= 15 is 0 Å². The smallest absolute Gasteiger partial charge is 0.375 e. The Balaban J connectivity index is 1.77. The first-order valence-electron chi connectivity index (χ1n) is 8.66. The fourth-order valence-corrected chi connectivity index (χ4v) is 3.46. The number of ether oxygens (including phenoxy) is 1. The SMILES string of the molecule is NC(COCc1ccccc1)c1nc(-c2cc(C(F)(F)F)cc(C(F)(F)F)c2)cs1. The van der Waals surface area contributed by atoms with Crippen LogP contribution in [0, 0.1) is 0 Å². The second-order valence-corrected chi connectivity index (χ2v) is 7.36. The van der Waals surface area contributed by atoms with Gasteiger partial charge in [0, 0.05) is 10.9 Å². The van der Waals surface area contributed by atoms with Gasteiger partial charge in [-0.15, -0.1) is 11.3 Å². The molecule has 3 nitrogen and oxygen atoms in total. The van der Waals surface area contributed by atoms with E-state index in [9.17, 15) is 26.3 Å². The minimum Gasteiger partial charge on any atom is -0.375 e. The van der Waals surface area contributed by atoms with Gasteiger partial charge in [0.1, 0.15) is 5.01 Å². The highest BCUT2D eigenvalue weighted by Crippen LogP contribution is 2.39.